The van der Waals surface area contributed by atoms with Crippen LogP contribution in [0.1, 0.15) is 10.9 Å². The van der Waals surface area contributed by atoms with Crippen LogP contribution in [0.2, 0.25) is 0 Å². The number of hydrogen-bond acceptors (Lipinski definition) is 2. The second-order valence-electron chi connectivity index (χ2n) is 2.41. The highest BCUT2D eigenvalue weighted by molar-refractivity contribution is 6.68. The molecule has 1 aromatic rings. The predicted molar refractivity (Wildman–Crippen MR) is 52.4 cm³/mol. The Bertz CT molecular complexity index is 312. The molecule has 1 atom stereocenters. The Hall–Kier alpha value is -0.730. The average molecular weight is 219 g/mol. The van der Waals surface area contributed by atoms with Gasteiger partial charge in [0.25, 0.3) is 0 Å². The standard InChI is InChI=1S/C9H8Cl2O2/c1-13-7-5-3-2-4-6(7)8(10)9(11)12/h2-5,8H,1H3. The lowest BCUT2D eigenvalue weighted by Crippen LogP contribution is -2.01. The van der Waals surface area contributed by atoms with E-state index >= 15 is 0 Å². The van der Waals surface area contributed by atoms with E-state index in [2.05, 4.69) is 0 Å². The van der Waals surface area contributed by atoms with Gasteiger partial charge >= 0.3 is 0 Å². The van der Waals surface area contributed by atoms with Crippen molar-refractivity contribution in [3.63, 3.8) is 0 Å². The Morgan fingerprint density at radius 3 is 2.62 bits per heavy atom. The van der Waals surface area contributed by atoms with Crippen molar-refractivity contribution in [2.75, 3.05) is 7.11 Å². The van der Waals surface area contributed by atoms with Gasteiger partial charge in [-0.15, -0.1) is 11.6 Å². The van der Waals surface area contributed by atoms with Crippen LogP contribution in [-0.2, 0) is 4.79 Å². The number of halogens is 2. The molecule has 0 aromatic heterocycles. The maximum Gasteiger partial charge on any atom is 0.244 e. The fraction of sp³-hybridized carbons (Fsp3) is 0.222. The summed E-state index contributed by atoms with van der Waals surface area (Å²) in [6.07, 6.45) is 0. The van der Waals surface area contributed by atoms with E-state index in [1.807, 2.05) is 0 Å². The lowest BCUT2D eigenvalue weighted by atomic mass is 10.1. The second kappa shape index (κ2) is 4.49. The van der Waals surface area contributed by atoms with Crippen LogP contribution in [0.4, 0.5) is 0 Å². The summed E-state index contributed by atoms with van der Waals surface area (Å²) in [6.45, 7) is 0. The van der Waals surface area contributed by atoms with Crippen molar-refractivity contribution in [2.45, 2.75) is 5.38 Å². The first-order valence-corrected chi connectivity index (χ1v) is 4.44. The summed E-state index contributed by atoms with van der Waals surface area (Å²) in [4.78, 5) is 10.8. The van der Waals surface area contributed by atoms with Crippen LogP contribution in [0, 0.1) is 0 Å². The van der Waals surface area contributed by atoms with Crippen LogP contribution in [0.15, 0.2) is 24.3 Å². The molecule has 0 heterocycles. The summed E-state index contributed by atoms with van der Waals surface area (Å²) in [5, 5.41) is -1.45. The van der Waals surface area contributed by atoms with E-state index in [9.17, 15) is 4.79 Å². The van der Waals surface area contributed by atoms with E-state index in [0.29, 0.717) is 11.3 Å². The quantitative estimate of drug-likeness (QED) is 0.577. The van der Waals surface area contributed by atoms with Gasteiger partial charge < -0.3 is 4.74 Å². The smallest absolute Gasteiger partial charge is 0.244 e. The van der Waals surface area contributed by atoms with Gasteiger partial charge in [0.15, 0.2) is 0 Å². The lowest BCUT2D eigenvalue weighted by Gasteiger charge is -2.09. The van der Waals surface area contributed by atoms with Gasteiger partial charge in [0, 0.05) is 5.56 Å². The van der Waals surface area contributed by atoms with Crippen molar-refractivity contribution in [3.05, 3.63) is 29.8 Å². The van der Waals surface area contributed by atoms with E-state index in [4.69, 9.17) is 27.9 Å². The summed E-state index contributed by atoms with van der Waals surface area (Å²) in [6, 6.07) is 7.00. The van der Waals surface area contributed by atoms with Gasteiger partial charge in [0.2, 0.25) is 5.24 Å². The first kappa shape index (κ1) is 10.4. The van der Waals surface area contributed by atoms with Crippen molar-refractivity contribution in [2.24, 2.45) is 0 Å². The minimum Gasteiger partial charge on any atom is -0.496 e. The Balaban J connectivity index is 3.05. The summed E-state index contributed by atoms with van der Waals surface area (Å²) in [5.41, 5.74) is 0.590. The molecule has 0 aliphatic heterocycles. The summed E-state index contributed by atoms with van der Waals surface area (Å²) in [7, 11) is 1.52. The predicted octanol–water partition coefficient (Wildman–Crippen LogP) is 2.74. The number of hydrogen-bond donors (Lipinski definition) is 0. The highest BCUT2D eigenvalue weighted by Crippen LogP contribution is 2.30. The fourth-order valence-corrected chi connectivity index (χ4v) is 1.30. The third-order valence-corrected chi connectivity index (χ3v) is 2.37. The molecule has 0 saturated heterocycles. The zero-order chi connectivity index (χ0) is 9.84. The van der Waals surface area contributed by atoms with Crippen LogP contribution < -0.4 is 4.74 Å². The van der Waals surface area contributed by atoms with Crippen LogP contribution in [0.3, 0.4) is 0 Å². The number of alkyl halides is 1. The van der Waals surface area contributed by atoms with Crippen LogP contribution in [0.5, 0.6) is 5.75 Å². The normalized spacial score (nSPS) is 12.2. The van der Waals surface area contributed by atoms with Gasteiger partial charge in [0.1, 0.15) is 11.1 Å². The molecule has 0 aliphatic rings. The minimum atomic E-state index is -0.849. The molecule has 0 N–H and O–H groups in total. The number of carbonyl (C=O) groups is 1. The van der Waals surface area contributed by atoms with Crippen molar-refractivity contribution in [1.29, 1.82) is 0 Å². The van der Waals surface area contributed by atoms with Crippen molar-refractivity contribution >= 4 is 28.4 Å². The van der Waals surface area contributed by atoms with E-state index in [1.54, 1.807) is 24.3 Å². The molecule has 0 aliphatic carbocycles. The first-order valence-electron chi connectivity index (χ1n) is 3.63. The lowest BCUT2D eigenvalue weighted by molar-refractivity contribution is -0.111. The molecular weight excluding hydrogens is 211 g/mol. The second-order valence-corrected chi connectivity index (χ2v) is 3.22. The van der Waals surface area contributed by atoms with Crippen molar-refractivity contribution in [1.82, 2.24) is 0 Å². The zero-order valence-corrected chi connectivity index (χ0v) is 8.47. The summed E-state index contributed by atoms with van der Waals surface area (Å²) < 4.78 is 5.02. The minimum absolute atomic E-state index is 0.566. The Morgan fingerprint density at radius 1 is 1.46 bits per heavy atom. The van der Waals surface area contributed by atoms with Crippen LogP contribution in [0.25, 0.3) is 0 Å². The molecule has 0 radical (unpaired) electrons. The van der Waals surface area contributed by atoms with Gasteiger partial charge in [-0.2, -0.15) is 0 Å². The number of carbonyl (C=O) groups excluding carboxylic acids is 1. The average Bonchev–Trinajstić information content (AvgIpc) is 2.16. The molecule has 0 bridgehead atoms. The van der Waals surface area contributed by atoms with Gasteiger partial charge in [-0.1, -0.05) is 18.2 Å². The molecule has 1 unspecified atom stereocenters. The molecule has 2 nitrogen and oxygen atoms in total. The van der Waals surface area contributed by atoms with Crippen molar-refractivity contribution in [3.8, 4) is 5.75 Å². The highest BCUT2D eigenvalue weighted by Gasteiger charge is 2.18. The van der Waals surface area contributed by atoms with Crippen LogP contribution in [-0.4, -0.2) is 12.4 Å². The van der Waals surface area contributed by atoms with Gasteiger partial charge in [-0.05, 0) is 17.7 Å². The van der Waals surface area contributed by atoms with E-state index in [-0.39, 0.29) is 0 Å². The number of benzene rings is 1. The Labute approximate surface area is 86.4 Å². The number of methoxy groups -OCH3 is 1. The molecule has 1 rings (SSSR count). The monoisotopic (exact) mass is 218 g/mol. The maximum absolute atomic E-state index is 10.8. The molecule has 0 fully saturated rings. The molecular formula is C9H8Cl2O2. The molecule has 13 heavy (non-hydrogen) atoms. The molecule has 4 heteroatoms. The topological polar surface area (TPSA) is 26.3 Å². The molecule has 0 saturated carbocycles. The number of ether oxygens (including phenoxy) is 1. The first-order chi connectivity index (χ1) is 6.16. The van der Waals surface area contributed by atoms with Gasteiger partial charge in [-0.3, -0.25) is 4.79 Å². The number of para-hydroxylation sites is 1. The molecule has 1 aromatic carbocycles. The van der Waals surface area contributed by atoms with Crippen molar-refractivity contribution < 1.29 is 9.53 Å². The molecule has 0 amide bonds. The molecule has 70 valence electrons. The van der Waals surface area contributed by atoms with Gasteiger partial charge in [0.05, 0.1) is 7.11 Å². The highest BCUT2D eigenvalue weighted by atomic mass is 35.5. The van der Waals surface area contributed by atoms with Gasteiger partial charge in [-0.25, -0.2) is 0 Å². The Morgan fingerprint density at radius 2 is 2.08 bits per heavy atom. The fourth-order valence-electron chi connectivity index (χ4n) is 0.998. The third-order valence-electron chi connectivity index (χ3n) is 1.61. The largest absolute Gasteiger partial charge is 0.496 e. The summed E-state index contributed by atoms with van der Waals surface area (Å²) >= 11 is 11.0. The maximum atomic E-state index is 10.8. The third kappa shape index (κ3) is 2.36. The molecule has 0 spiro atoms. The zero-order valence-electron chi connectivity index (χ0n) is 6.96. The van der Waals surface area contributed by atoms with E-state index in [1.165, 1.54) is 7.11 Å². The van der Waals surface area contributed by atoms with Crippen LogP contribution >= 0.6 is 23.2 Å². The SMILES string of the molecule is COc1ccccc1C(Cl)C(=O)Cl. The summed E-state index contributed by atoms with van der Waals surface area (Å²) in [5.74, 6) is 0.566. The number of rotatable bonds is 3. The Kier molecular flexibility index (Phi) is 3.58. The van der Waals surface area contributed by atoms with E-state index in [0.717, 1.165) is 0 Å². The van der Waals surface area contributed by atoms with E-state index < -0.39 is 10.6 Å².